The number of amides is 4. The maximum atomic E-state index is 13.7. The van der Waals surface area contributed by atoms with Crippen LogP contribution in [0.2, 0.25) is 0 Å². The van der Waals surface area contributed by atoms with Crippen LogP contribution in [0.25, 0.3) is 5.52 Å². The molecule has 15 heteroatoms. The van der Waals surface area contributed by atoms with Crippen LogP contribution in [0.4, 0.5) is 21.1 Å². The number of ether oxygens (including phenoxy) is 3. The third kappa shape index (κ3) is 8.53. The molecule has 2 heterocycles. The van der Waals surface area contributed by atoms with Crippen LogP contribution in [-0.4, -0.2) is 74.9 Å². The first kappa shape index (κ1) is 35.3. The minimum Gasteiger partial charge on any atom is -0.445 e. The summed E-state index contributed by atoms with van der Waals surface area (Å²) in [7, 11) is 0. The van der Waals surface area contributed by atoms with E-state index in [1.165, 1.54) is 13.3 Å². The van der Waals surface area contributed by atoms with Crippen LogP contribution in [-0.2, 0) is 25.6 Å². The highest BCUT2D eigenvalue weighted by molar-refractivity contribution is 6.04. The summed E-state index contributed by atoms with van der Waals surface area (Å²) in [6.45, 7) is 6.83. The standard InChI is InChI=1S/C35H39N7O8/c1-5-15-36-31(43)27-17-41-29(22(27)3)30(37-19-38-41)40-28-16-25(12-11-21(28)2)32(44)42(26-13-14-26)35(47)50-20-49-33(45)23(4)39-34(46)48-18-24-9-7-6-8-10-24/h6-12,16-17,19,23,26H,5,13-15,18,20H2,1-4H3,(H,36,43)(H,39,46)(H,37,38,40)/t23-/m0/s1. The van der Waals surface area contributed by atoms with E-state index < -0.39 is 36.9 Å². The predicted octanol–water partition coefficient (Wildman–Crippen LogP) is 4.79. The van der Waals surface area contributed by atoms with E-state index in [2.05, 4.69) is 26.0 Å². The molecule has 1 aliphatic rings. The molecule has 4 aromatic rings. The lowest BCUT2D eigenvalue weighted by atomic mass is 10.1. The number of anilines is 2. The Morgan fingerprint density at radius 2 is 1.78 bits per heavy atom. The number of benzene rings is 2. The molecule has 5 rings (SSSR count). The van der Waals surface area contributed by atoms with Gasteiger partial charge >= 0.3 is 18.2 Å². The zero-order chi connectivity index (χ0) is 35.8. The summed E-state index contributed by atoms with van der Waals surface area (Å²) in [4.78, 5) is 69.3. The number of hydrogen-bond donors (Lipinski definition) is 3. The van der Waals surface area contributed by atoms with Gasteiger partial charge in [0.1, 0.15) is 24.5 Å². The zero-order valence-corrected chi connectivity index (χ0v) is 28.2. The highest BCUT2D eigenvalue weighted by Gasteiger charge is 2.39. The van der Waals surface area contributed by atoms with E-state index in [0.29, 0.717) is 47.5 Å². The molecule has 3 N–H and O–H groups in total. The second-order valence-electron chi connectivity index (χ2n) is 11.8. The average molecular weight is 686 g/mol. The topological polar surface area (TPSA) is 183 Å². The van der Waals surface area contributed by atoms with E-state index in [1.807, 2.05) is 39.0 Å². The summed E-state index contributed by atoms with van der Waals surface area (Å²) in [5.74, 6) is -1.24. The third-order valence-electron chi connectivity index (χ3n) is 7.96. The summed E-state index contributed by atoms with van der Waals surface area (Å²) in [5.41, 5.74) is 4.08. The first-order valence-corrected chi connectivity index (χ1v) is 16.2. The number of carbonyl (C=O) groups excluding carboxylic acids is 5. The molecule has 0 bridgehead atoms. The van der Waals surface area contributed by atoms with Gasteiger partial charge in [0, 0.05) is 30.0 Å². The fourth-order valence-electron chi connectivity index (χ4n) is 5.03. The second-order valence-corrected chi connectivity index (χ2v) is 11.8. The lowest BCUT2D eigenvalue weighted by Gasteiger charge is -2.21. The van der Waals surface area contributed by atoms with Gasteiger partial charge in [-0.3, -0.25) is 9.59 Å². The number of fused-ring (bicyclic) bond motifs is 1. The van der Waals surface area contributed by atoms with Crippen LogP contribution < -0.4 is 16.0 Å². The van der Waals surface area contributed by atoms with E-state index in [4.69, 9.17) is 14.2 Å². The molecule has 2 aromatic carbocycles. The number of nitrogens with one attached hydrogen (secondary N) is 3. The van der Waals surface area contributed by atoms with Crippen molar-refractivity contribution in [3.8, 4) is 0 Å². The smallest absolute Gasteiger partial charge is 0.419 e. The van der Waals surface area contributed by atoms with E-state index in [9.17, 15) is 24.0 Å². The zero-order valence-electron chi connectivity index (χ0n) is 28.2. The van der Waals surface area contributed by atoms with Gasteiger partial charge in [0.2, 0.25) is 6.79 Å². The minimum atomic E-state index is -1.09. The van der Waals surface area contributed by atoms with Gasteiger partial charge in [0.25, 0.3) is 11.8 Å². The number of aromatic nitrogens is 3. The van der Waals surface area contributed by atoms with Gasteiger partial charge in [0.05, 0.1) is 5.56 Å². The van der Waals surface area contributed by atoms with Crippen LogP contribution in [0.5, 0.6) is 0 Å². The van der Waals surface area contributed by atoms with Crippen LogP contribution in [0.3, 0.4) is 0 Å². The first-order valence-electron chi connectivity index (χ1n) is 16.2. The number of nitrogens with zero attached hydrogens (tertiary/aromatic N) is 4. The molecule has 4 amide bonds. The van der Waals surface area contributed by atoms with E-state index in [0.717, 1.165) is 22.4 Å². The van der Waals surface area contributed by atoms with Crippen molar-refractivity contribution in [2.24, 2.45) is 0 Å². The van der Waals surface area contributed by atoms with Crippen molar-refractivity contribution in [2.45, 2.75) is 65.6 Å². The number of imide groups is 1. The number of esters is 1. The molecule has 1 aliphatic carbocycles. The fourth-order valence-corrected chi connectivity index (χ4v) is 5.03. The largest absolute Gasteiger partial charge is 0.445 e. The Labute approximate surface area is 288 Å². The van der Waals surface area contributed by atoms with E-state index in [1.54, 1.807) is 41.0 Å². The van der Waals surface area contributed by atoms with Gasteiger partial charge in [-0.2, -0.15) is 5.10 Å². The summed E-state index contributed by atoms with van der Waals surface area (Å²) >= 11 is 0. The van der Waals surface area contributed by atoms with Crippen molar-refractivity contribution in [2.75, 3.05) is 18.7 Å². The SMILES string of the molecule is CCCNC(=O)c1cn2ncnc(Nc3cc(C(=O)N(C(=O)OCOC(=O)[C@H](C)NC(=O)OCc4ccccc4)C4CC4)ccc3C)c2c1C. The molecule has 0 saturated heterocycles. The molecular weight excluding hydrogens is 646 g/mol. The Kier molecular flexibility index (Phi) is 11.3. The van der Waals surface area contributed by atoms with Crippen molar-refractivity contribution < 1.29 is 38.2 Å². The lowest BCUT2D eigenvalue weighted by Crippen LogP contribution is -2.41. The molecule has 0 aliphatic heterocycles. The molecule has 262 valence electrons. The Morgan fingerprint density at radius 1 is 1.02 bits per heavy atom. The number of rotatable bonds is 13. The highest BCUT2D eigenvalue weighted by Crippen LogP contribution is 2.31. The molecular formula is C35H39N7O8. The number of aryl methyl sites for hydroxylation is 2. The monoisotopic (exact) mass is 685 g/mol. The Hall–Kier alpha value is -5.99. The van der Waals surface area contributed by atoms with E-state index in [-0.39, 0.29) is 24.1 Å². The van der Waals surface area contributed by atoms with Gasteiger partial charge in [-0.25, -0.2) is 28.8 Å². The van der Waals surface area contributed by atoms with Gasteiger partial charge in [-0.05, 0) is 68.9 Å². The van der Waals surface area contributed by atoms with E-state index >= 15 is 0 Å². The summed E-state index contributed by atoms with van der Waals surface area (Å²) in [6.07, 6.45) is 3.21. The lowest BCUT2D eigenvalue weighted by molar-refractivity contribution is -0.154. The molecule has 0 spiro atoms. The first-order chi connectivity index (χ1) is 24.1. The van der Waals surface area contributed by atoms with Crippen molar-refractivity contribution in [1.29, 1.82) is 0 Å². The summed E-state index contributed by atoms with van der Waals surface area (Å²) in [5, 5.41) is 12.8. The van der Waals surface area contributed by atoms with Crippen LogP contribution >= 0.6 is 0 Å². The van der Waals surface area contributed by atoms with Crippen LogP contribution in [0.15, 0.2) is 61.1 Å². The number of alkyl carbamates (subject to hydrolysis) is 1. The fraction of sp³-hybridized carbons (Fsp3) is 0.343. The Bertz CT molecular complexity index is 1890. The molecule has 0 radical (unpaired) electrons. The minimum absolute atomic E-state index is 0.0210. The molecule has 50 heavy (non-hydrogen) atoms. The Morgan fingerprint density at radius 3 is 2.50 bits per heavy atom. The van der Waals surface area contributed by atoms with Crippen molar-refractivity contribution >= 4 is 47.0 Å². The maximum Gasteiger partial charge on any atom is 0.419 e. The quantitative estimate of drug-likeness (QED) is 0.130. The Balaban J connectivity index is 1.20. The van der Waals surface area contributed by atoms with Gasteiger partial charge in [-0.15, -0.1) is 0 Å². The molecule has 15 nitrogen and oxygen atoms in total. The molecule has 1 atom stereocenters. The van der Waals surface area contributed by atoms with Crippen LogP contribution in [0.1, 0.15) is 70.5 Å². The summed E-state index contributed by atoms with van der Waals surface area (Å²) < 4.78 is 16.8. The average Bonchev–Trinajstić information content (AvgIpc) is 3.88. The highest BCUT2D eigenvalue weighted by atomic mass is 16.7. The number of carbonyl (C=O) groups is 5. The van der Waals surface area contributed by atoms with Gasteiger partial charge < -0.3 is 30.2 Å². The van der Waals surface area contributed by atoms with Crippen molar-refractivity contribution in [1.82, 2.24) is 30.1 Å². The molecule has 1 fully saturated rings. The van der Waals surface area contributed by atoms with Gasteiger partial charge in [0.15, 0.2) is 5.82 Å². The maximum absolute atomic E-state index is 13.7. The molecule has 2 aromatic heterocycles. The summed E-state index contributed by atoms with van der Waals surface area (Å²) in [6, 6.07) is 12.5. The third-order valence-corrected chi connectivity index (χ3v) is 7.96. The normalized spacial score (nSPS) is 12.8. The number of hydrogen-bond acceptors (Lipinski definition) is 11. The van der Waals surface area contributed by atoms with Crippen molar-refractivity contribution in [3.05, 3.63) is 88.9 Å². The molecule has 1 saturated carbocycles. The molecule has 0 unspecified atom stereocenters. The van der Waals surface area contributed by atoms with Crippen molar-refractivity contribution in [3.63, 3.8) is 0 Å². The second kappa shape index (κ2) is 15.9. The van der Waals surface area contributed by atoms with Gasteiger partial charge in [-0.1, -0.05) is 43.3 Å². The van der Waals surface area contributed by atoms with Crippen LogP contribution in [0, 0.1) is 13.8 Å². The predicted molar refractivity (Wildman–Crippen MR) is 181 cm³/mol.